The smallest absolute Gasteiger partial charge is 0.238 e. The van der Waals surface area contributed by atoms with Crippen LogP contribution in [0.25, 0.3) is 0 Å². The average molecular weight is 343 g/mol. The van der Waals surface area contributed by atoms with Crippen LogP contribution in [0.4, 0.5) is 5.69 Å². The van der Waals surface area contributed by atoms with E-state index in [9.17, 15) is 9.59 Å². The molecular weight excluding hydrogens is 326 g/mol. The molecule has 0 saturated heterocycles. The summed E-state index contributed by atoms with van der Waals surface area (Å²) in [5.41, 5.74) is 1.69. The van der Waals surface area contributed by atoms with Crippen LogP contribution in [0.1, 0.15) is 12.0 Å². The number of carbonyl (C=O) groups excluding carboxylic acids is 2. The molecule has 124 valence electrons. The quantitative estimate of drug-likeness (QED) is 0.870. The van der Waals surface area contributed by atoms with E-state index in [2.05, 4.69) is 15.6 Å². The lowest BCUT2D eigenvalue weighted by molar-refractivity contribution is -0.124. The first kappa shape index (κ1) is 16.3. The molecule has 24 heavy (non-hydrogen) atoms. The van der Waals surface area contributed by atoms with Crippen LogP contribution >= 0.6 is 11.8 Å². The van der Waals surface area contributed by atoms with E-state index in [0.29, 0.717) is 12.4 Å². The lowest BCUT2D eigenvalue weighted by Gasteiger charge is -2.23. The van der Waals surface area contributed by atoms with E-state index < -0.39 is 5.25 Å². The first-order chi connectivity index (χ1) is 11.7. The lowest BCUT2D eigenvalue weighted by Crippen LogP contribution is -2.34. The van der Waals surface area contributed by atoms with Crippen molar-refractivity contribution >= 4 is 29.3 Å². The predicted molar refractivity (Wildman–Crippen MR) is 92.0 cm³/mol. The maximum atomic E-state index is 12.1. The number of carbonyl (C=O) groups is 2. The molecule has 1 unspecified atom stereocenters. The third-order valence-corrected chi connectivity index (χ3v) is 4.85. The maximum absolute atomic E-state index is 12.1. The summed E-state index contributed by atoms with van der Waals surface area (Å²) in [4.78, 5) is 29.3. The Morgan fingerprint density at radius 3 is 3.04 bits per heavy atom. The molecule has 1 aliphatic heterocycles. The van der Waals surface area contributed by atoms with Gasteiger partial charge in [-0.2, -0.15) is 0 Å². The summed E-state index contributed by atoms with van der Waals surface area (Å²) in [6, 6.07) is 11.1. The molecule has 0 fully saturated rings. The maximum Gasteiger partial charge on any atom is 0.238 e. The number of anilines is 1. The van der Waals surface area contributed by atoms with Gasteiger partial charge < -0.3 is 15.4 Å². The van der Waals surface area contributed by atoms with Crippen molar-refractivity contribution in [1.29, 1.82) is 0 Å². The Bertz CT molecular complexity index is 766. The van der Waals surface area contributed by atoms with Gasteiger partial charge in [0.1, 0.15) is 0 Å². The van der Waals surface area contributed by atoms with E-state index in [-0.39, 0.29) is 18.2 Å². The third-order valence-electron chi connectivity index (χ3n) is 3.58. The minimum Gasteiger partial charge on any atom is -0.481 e. The van der Waals surface area contributed by atoms with Gasteiger partial charge in [0, 0.05) is 30.1 Å². The van der Waals surface area contributed by atoms with Gasteiger partial charge in [0.2, 0.25) is 17.7 Å². The van der Waals surface area contributed by atoms with Crippen LogP contribution in [0.5, 0.6) is 5.88 Å². The fourth-order valence-electron chi connectivity index (χ4n) is 2.34. The molecule has 3 rings (SSSR count). The van der Waals surface area contributed by atoms with E-state index in [4.69, 9.17) is 4.74 Å². The summed E-state index contributed by atoms with van der Waals surface area (Å²) in [6.07, 6.45) is 1.76. The Morgan fingerprint density at radius 1 is 1.38 bits per heavy atom. The molecular formula is C17H17N3O3S. The molecule has 7 heteroatoms. The molecule has 1 aromatic heterocycles. The van der Waals surface area contributed by atoms with Crippen molar-refractivity contribution in [3.8, 4) is 5.88 Å². The van der Waals surface area contributed by atoms with Gasteiger partial charge in [-0.3, -0.25) is 9.59 Å². The predicted octanol–water partition coefficient (Wildman–Crippen LogP) is 2.21. The number of nitrogens with zero attached hydrogens (tertiary/aromatic N) is 1. The molecule has 2 aromatic rings. The van der Waals surface area contributed by atoms with E-state index in [0.717, 1.165) is 16.1 Å². The number of nitrogens with one attached hydrogen (secondary N) is 2. The number of amides is 2. The molecule has 1 atom stereocenters. The van der Waals surface area contributed by atoms with Gasteiger partial charge in [0.05, 0.1) is 18.0 Å². The molecule has 0 radical (unpaired) electrons. The van der Waals surface area contributed by atoms with Crippen LogP contribution < -0.4 is 15.4 Å². The highest BCUT2D eigenvalue weighted by molar-refractivity contribution is 8.01. The van der Waals surface area contributed by atoms with Crippen molar-refractivity contribution in [3.05, 3.63) is 48.2 Å². The molecule has 1 aliphatic rings. The first-order valence-corrected chi connectivity index (χ1v) is 8.36. The first-order valence-electron chi connectivity index (χ1n) is 7.48. The Morgan fingerprint density at radius 2 is 2.21 bits per heavy atom. The molecule has 0 spiro atoms. The van der Waals surface area contributed by atoms with Gasteiger partial charge in [0.15, 0.2) is 0 Å². The molecule has 2 N–H and O–H groups in total. The third kappa shape index (κ3) is 3.86. The molecule has 0 saturated carbocycles. The highest BCUT2D eigenvalue weighted by Gasteiger charge is 2.28. The molecule has 6 nitrogen and oxygen atoms in total. The summed E-state index contributed by atoms with van der Waals surface area (Å²) < 4.78 is 5.05. The van der Waals surface area contributed by atoms with Crippen LogP contribution in [0.15, 0.2) is 47.5 Å². The zero-order valence-corrected chi connectivity index (χ0v) is 13.9. The average Bonchev–Trinajstić information content (AvgIpc) is 2.61. The fraction of sp³-hybridized carbons (Fsp3) is 0.235. The summed E-state index contributed by atoms with van der Waals surface area (Å²) in [5.74, 6) is 0.192. The minimum absolute atomic E-state index is 0.132. The van der Waals surface area contributed by atoms with Crippen LogP contribution in [0, 0.1) is 0 Å². The fourth-order valence-corrected chi connectivity index (χ4v) is 3.45. The van der Waals surface area contributed by atoms with Crippen LogP contribution in [-0.4, -0.2) is 29.2 Å². The Balaban J connectivity index is 1.56. The number of aromatic nitrogens is 1. The minimum atomic E-state index is -0.424. The van der Waals surface area contributed by atoms with E-state index in [1.807, 2.05) is 24.3 Å². The monoisotopic (exact) mass is 343 g/mol. The summed E-state index contributed by atoms with van der Waals surface area (Å²) in [6.45, 7) is 0.368. The van der Waals surface area contributed by atoms with E-state index in [1.54, 1.807) is 25.4 Å². The van der Waals surface area contributed by atoms with Crippen molar-refractivity contribution in [2.45, 2.75) is 23.1 Å². The van der Waals surface area contributed by atoms with Crippen molar-refractivity contribution < 1.29 is 14.3 Å². The standard InChI is InChI=1S/C17H17N3O3S/c1-23-16-8-11(6-7-18-16)10-19-15(21)9-14-17(22)20-12-4-2-3-5-13(12)24-14/h2-8,14H,9-10H2,1H3,(H,19,21)(H,20,22). The highest BCUT2D eigenvalue weighted by atomic mass is 32.2. The van der Waals surface area contributed by atoms with Crippen LogP contribution in [0.3, 0.4) is 0 Å². The van der Waals surface area contributed by atoms with Crippen molar-refractivity contribution in [2.75, 3.05) is 12.4 Å². The summed E-state index contributed by atoms with van der Waals surface area (Å²) >= 11 is 1.42. The Kier molecular flexibility index (Phi) is 5.00. The topological polar surface area (TPSA) is 80.3 Å². The second-order valence-corrected chi connectivity index (χ2v) is 6.52. The Hall–Kier alpha value is -2.54. The lowest BCUT2D eigenvalue weighted by atomic mass is 10.2. The molecule has 2 heterocycles. The number of rotatable bonds is 5. The van der Waals surface area contributed by atoms with Gasteiger partial charge in [-0.05, 0) is 23.8 Å². The number of hydrogen-bond donors (Lipinski definition) is 2. The molecule has 1 aromatic carbocycles. The van der Waals surface area contributed by atoms with Gasteiger partial charge in [0.25, 0.3) is 0 Å². The summed E-state index contributed by atoms with van der Waals surface area (Å²) in [5, 5.41) is 5.24. The van der Waals surface area contributed by atoms with E-state index in [1.165, 1.54) is 11.8 Å². The van der Waals surface area contributed by atoms with Crippen molar-refractivity contribution in [2.24, 2.45) is 0 Å². The van der Waals surface area contributed by atoms with Gasteiger partial charge in [-0.25, -0.2) is 4.98 Å². The number of pyridine rings is 1. The van der Waals surface area contributed by atoms with Crippen molar-refractivity contribution in [1.82, 2.24) is 10.3 Å². The molecule has 0 aliphatic carbocycles. The summed E-state index contributed by atoms with van der Waals surface area (Å²) in [7, 11) is 1.54. The number of thioether (sulfide) groups is 1. The highest BCUT2D eigenvalue weighted by Crippen LogP contribution is 2.36. The zero-order chi connectivity index (χ0) is 16.9. The van der Waals surface area contributed by atoms with Crippen LogP contribution in [-0.2, 0) is 16.1 Å². The Labute approximate surface area is 144 Å². The number of methoxy groups -OCH3 is 1. The number of fused-ring (bicyclic) bond motifs is 1. The largest absolute Gasteiger partial charge is 0.481 e. The second-order valence-electron chi connectivity index (χ2n) is 5.28. The number of benzene rings is 1. The normalized spacial score (nSPS) is 16.0. The van der Waals surface area contributed by atoms with E-state index >= 15 is 0 Å². The number of hydrogen-bond acceptors (Lipinski definition) is 5. The number of ether oxygens (including phenoxy) is 1. The van der Waals surface area contributed by atoms with Crippen molar-refractivity contribution in [3.63, 3.8) is 0 Å². The SMILES string of the molecule is COc1cc(CNC(=O)CC2Sc3ccccc3NC2=O)ccn1. The van der Waals surface area contributed by atoms with Gasteiger partial charge in [-0.15, -0.1) is 11.8 Å². The zero-order valence-electron chi connectivity index (χ0n) is 13.1. The van der Waals surface area contributed by atoms with Gasteiger partial charge >= 0.3 is 0 Å². The second kappa shape index (κ2) is 7.35. The molecule has 0 bridgehead atoms. The van der Waals surface area contributed by atoms with Crippen LogP contribution in [0.2, 0.25) is 0 Å². The van der Waals surface area contributed by atoms with Gasteiger partial charge in [-0.1, -0.05) is 12.1 Å². The number of para-hydroxylation sites is 1. The molecule has 2 amide bonds.